The fraction of sp³-hybridized carbons (Fsp3) is 0.600. The Kier molecular flexibility index (Phi) is 6.76. The van der Waals surface area contributed by atoms with E-state index in [1.165, 1.54) is 12.0 Å². The number of methoxy groups -OCH3 is 1. The lowest BCUT2D eigenvalue weighted by Gasteiger charge is -2.23. The fourth-order valence-corrected chi connectivity index (χ4v) is 2.17. The van der Waals surface area contributed by atoms with Gasteiger partial charge in [0.25, 0.3) is 0 Å². The Labute approximate surface area is 111 Å². The van der Waals surface area contributed by atoms with Crippen molar-refractivity contribution in [1.29, 1.82) is 0 Å². The van der Waals surface area contributed by atoms with Crippen LogP contribution in [-0.2, 0) is 6.54 Å². The Bertz CT molecular complexity index is 324. The molecule has 0 heterocycles. The van der Waals surface area contributed by atoms with Gasteiger partial charge in [-0.25, -0.2) is 0 Å². The maximum atomic E-state index is 5.17. The van der Waals surface area contributed by atoms with Gasteiger partial charge in [0.1, 0.15) is 5.75 Å². The van der Waals surface area contributed by atoms with Gasteiger partial charge >= 0.3 is 0 Å². The van der Waals surface area contributed by atoms with E-state index in [9.17, 15) is 0 Å². The molecule has 1 unspecified atom stereocenters. The monoisotopic (exact) mass is 250 g/mol. The molecule has 0 radical (unpaired) electrons. The highest BCUT2D eigenvalue weighted by molar-refractivity contribution is 5.27. The van der Waals surface area contributed by atoms with E-state index in [1.54, 1.807) is 7.11 Å². The van der Waals surface area contributed by atoms with Crippen LogP contribution in [0, 0.1) is 5.92 Å². The minimum Gasteiger partial charge on any atom is -0.497 e. The molecule has 3 nitrogen and oxygen atoms in total. The molecular formula is C15H26N2O. The molecule has 18 heavy (non-hydrogen) atoms. The van der Waals surface area contributed by atoms with Crippen LogP contribution >= 0.6 is 0 Å². The van der Waals surface area contributed by atoms with Crippen LogP contribution < -0.4 is 10.1 Å². The van der Waals surface area contributed by atoms with Crippen molar-refractivity contribution in [3.05, 3.63) is 29.8 Å². The quantitative estimate of drug-likeness (QED) is 0.766. The first-order valence-corrected chi connectivity index (χ1v) is 6.65. The first-order chi connectivity index (χ1) is 8.69. The first kappa shape index (κ1) is 15.0. The predicted octanol–water partition coefficient (Wildman–Crippen LogP) is 2.37. The second kappa shape index (κ2) is 8.11. The zero-order valence-corrected chi connectivity index (χ0v) is 12.1. The van der Waals surface area contributed by atoms with E-state index in [-0.39, 0.29) is 0 Å². The van der Waals surface area contributed by atoms with E-state index in [0.717, 1.165) is 31.3 Å². The molecule has 1 rings (SSSR count). The highest BCUT2D eigenvalue weighted by Gasteiger charge is 2.09. The summed E-state index contributed by atoms with van der Waals surface area (Å²) in [5, 5.41) is 3.26. The van der Waals surface area contributed by atoms with Crippen molar-refractivity contribution in [3.63, 3.8) is 0 Å². The van der Waals surface area contributed by atoms with Crippen LogP contribution in [0.1, 0.15) is 18.9 Å². The summed E-state index contributed by atoms with van der Waals surface area (Å²) in [5.74, 6) is 1.64. The molecule has 102 valence electrons. The van der Waals surface area contributed by atoms with Gasteiger partial charge in [0, 0.05) is 13.1 Å². The molecular weight excluding hydrogens is 224 g/mol. The van der Waals surface area contributed by atoms with Crippen LogP contribution in [0.3, 0.4) is 0 Å². The number of benzene rings is 1. The van der Waals surface area contributed by atoms with E-state index >= 15 is 0 Å². The van der Waals surface area contributed by atoms with Crippen molar-refractivity contribution >= 4 is 0 Å². The van der Waals surface area contributed by atoms with Gasteiger partial charge < -0.3 is 15.0 Å². The molecule has 0 aliphatic rings. The second-order valence-corrected chi connectivity index (χ2v) is 4.88. The third-order valence-electron chi connectivity index (χ3n) is 3.25. The average Bonchev–Trinajstić information content (AvgIpc) is 2.39. The van der Waals surface area contributed by atoms with Gasteiger partial charge in [-0.15, -0.1) is 0 Å². The maximum Gasteiger partial charge on any atom is 0.118 e. The van der Waals surface area contributed by atoms with Crippen molar-refractivity contribution in [3.8, 4) is 5.75 Å². The van der Waals surface area contributed by atoms with Crippen LogP contribution in [-0.4, -0.2) is 39.2 Å². The normalized spacial score (nSPS) is 12.7. The Hall–Kier alpha value is -1.06. The van der Waals surface area contributed by atoms with Crippen LogP contribution in [0.25, 0.3) is 0 Å². The Morgan fingerprint density at radius 3 is 2.44 bits per heavy atom. The molecule has 0 saturated heterocycles. The van der Waals surface area contributed by atoms with Gasteiger partial charge in [-0.05, 0) is 44.3 Å². The molecule has 1 aromatic carbocycles. The van der Waals surface area contributed by atoms with E-state index in [0.29, 0.717) is 0 Å². The molecule has 1 N–H and O–H groups in total. The van der Waals surface area contributed by atoms with Gasteiger partial charge in [0.15, 0.2) is 0 Å². The van der Waals surface area contributed by atoms with E-state index in [1.807, 2.05) is 19.2 Å². The number of ether oxygens (including phenoxy) is 1. The number of hydrogen-bond acceptors (Lipinski definition) is 3. The molecule has 0 bridgehead atoms. The number of nitrogens with zero attached hydrogens (tertiary/aromatic N) is 1. The lowest BCUT2D eigenvalue weighted by Crippen LogP contribution is -2.30. The number of hydrogen-bond donors (Lipinski definition) is 1. The summed E-state index contributed by atoms with van der Waals surface area (Å²) < 4.78 is 5.17. The third kappa shape index (κ3) is 5.07. The van der Waals surface area contributed by atoms with Gasteiger partial charge in [-0.1, -0.05) is 25.5 Å². The molecule has 0 saturated carbocycles. The van der Waals surface area contributed by atoms with E-state index in [2.05, 4.69) is 36.3 Å². The average molecular weight is 250 g/mol. The second-order valence-electron chi connectivity index (χ2n) is 4.88. The fourth-order valence-electron chi connectivity index (χ4n) is 2.17. The first-order valence-electron chi connectivity index (χ1n) is 6.65. The Balaban J connectivity index is 2.44. The predicted molar refractivity (Wildman–Crippen MR) is 77.0 cm³/mol. The molecule has 3 heteroatoms. The van der Waals surface area contributed by atoms with Crippen molar-refractivity contribution in [2.45, 2.75) is 19.9 Å². The molecule has 0 amide bonds. The van der Waals surface area contributed by atoms with Crippen LogP contribution in [0.5, 0.6) is 5.75 Å². The Morgan fingerprint density at radius 2 is 1.94 bits per heavy atom. The summed E-state index contributed by atoms with van der Waals surface area (Å²) >= 11 is 0. The molecule has 0 spiro atoms. The van der Waals surface area contributed by atoms with E-state index in [4.69, 9.17) is 4.74 Å². The van der Waals surface area contributed by atoms with Gasteiger partial charge in [0.2, 0.25) is 0 Å². The van der Waals surface area contributed by atoms with Crippen molar-refractivity contribution in [2.24, 2.45) is 5.92 Å². The SMILES string of the molecule is CCC(CNC)CN(C)Cc1ccc(OC)cc1. The lowest BCUT2D eigenvalue weighted by atomic mass is 10.1. The molecule has 1 aromatic rings. The van der Waals surface area contributed by atoms with Crippen LogP contribution in [0.4, 0.5) is 0 Å². The summed E-state index contributed by atoms with van der Waals surface area (Å²) in [4.78, 5) is 2.38. The highest BCUT2D eigenvalue weighted by atomic mass is 16.5. The van der Waals surface area contributed by atoms with Gasteiger partial charge in [-0.3, -0.25) is 0 Å². The summed E-state index contributed by atoms with van der Waals surface area (Å²) in [6.07, 6.45) is 1.22. The van der Waals surface area contributed by atoms with E-state index < -0.39 is 0 Å². The third-order valence-corrected chi connectivity index (χ3v) is 3.25. The van der Waals surface area contributed by atoms with Crippen molar-refractivity contribution < 1.29 is 4.74 Å². The zero-order valence-electron chi connectivity index (χ0n) is 12.1. The molecule has 0 aromatic heterocycles. The van der Waals surface area contributed by atoms with Crippen molar-refractivity contribution in [1.82, 2.24) is 10.2 Å². The lowest BCUT2D eigenvalue weighted by molar-refractivity contribution is 0.261. The van der Waals surface area contributed by atoms with Crippen LogP contribution in [0.15, 0.2) is 24.3 Å². The van der Waals surface area contributed by atoms with Gasteiger partial charge in [0.05, 0.1) is 7.11 Å². The summed E-state index contributed by atoms with van der Waals surface area (Å²) in [5.41, 5.74) is 1.33. The van der Waals surface area contributed by atoms with Gasteiger partial charge in [-0.2, -0.15) is 0 Å². The number of rotatable bonds is 8. The van der Waals surface area contributed by atoms with Crippen LogP contribution in [0.2, 0.25) is 0 Å². The summed E-state index contributed by atoms with van der Waals surface area (Å²) in [6, 6.07) is 8.31. The smallest absolute Gasteiger partial charge is 0.118 e. The number of nitrogens with one attached hydrogen (secondary N) is 1. The Morgan fingerprint density at radius 1 is 1.28 bits per heavy atom. The standard InChI is InChI=1S/C15H26N2O/c1-5-13(10-16-2)11-17(3)12-14-6-8-15(18-4)9-7-14/h6-9,13,16H,5,10-12H2,1-4H3. The summed E-state index contributed by atoms with van der Waals surface area (Å²) in [7, 11) is 5.90. The summed E-state index contributed by atoms with van der Waals surface area (Å²) in [6.45, 7) is 5.46. The molecule has 0 aliphatic carbocycles. The molecule has 0 aliphatic heterocycles. The molecule has 0 fully saturated rings. The highest BCUT2D eigenvalue weighted by Crippen LogP contribution is 2.13. The minimum atomic E-state index is 0.721. The largest absolute Gasteiger partial charge is 0.497 e. The van der Waals surface area contributed by atoms with Crippen molar-refractivity contribution in [2.75, 3.05) is 34.3 Å². The minimum absolute atomic E-state index is 0.721. The topological polar surface area (TPSA) is 24.5 Å². The molecule has 1 atom stereocenters. The maximum absolute atomic E-state index is 5.17. The zero-order chi connectivity index (χ0) is 13.4.